The van der Waals surface area contributed by atoms with E-state index in [-0.39, 0.29) is 5.82 Å². The van der Waals surface area contributed by atoms with E-state index in [1.807, 2.05) is 6.07 Å². The highest BCUT2D eigenvalue weighted by atomic mass is 79.9. The van der Waals surface area contributed by atoms with Crippen LogP contribution in [0.2, 0.25) is 0 Å². The van der Waals surface area contributed by atoms with Gasteiger partial charge in [0.25, 0.3) is 0 Å². The first-order chi connectivity index (χ1) is 7.18. The van der Waals surface area contributed by atoms with Crippen LogP contribution < -0.4 is 5.32 Å². The Labute approximate surface area is 98.2 Å². The molecule has 0 radical (unpaired) electrons. The summed E-state index contributed by atoms with van der Waals surface area (Å²) in [6, 6.07) is 5.48. The fraction of sp³-hybridized carbons (Fsp3) is 0.500. The Morgan fingerprint density at radius 2 is 2.20 bits per heavy atom. The monoisotopic (exact) mass is 271 g/mol. The van der Waals surface area contributed by atoms with Gasteiger partial charge in [-0.05, 0) is 46.8 Å². The summed E-state index contributed by atoms with van der Waals surface area (Å²) in [6.07, 6.45) is 3.62. The van der Waals surface area contributed by atoms with Crippen molar-refractivity contribution in [1.29, 1.82) is 0 Å². The zero-order chi connectivity index (χ0) is 10.8. The highest BCUT2D eigenvalue weighted by Gasteiger charge is 2.24. The maximum absolute atomic E-state index is 13.5. The fourth-order valence-corrected chi connectivity index (χ4v) is 2.64. The summed E-state index contributed by atoms with van der Waals surface area (Å²) in [6.45, 7) is 2.22. The zero-order valence-electron chi connectivity index (χ0n) is 8.76. The van der Waals surface area contributed by atoms with Gasteiger partial charge in [-0.1, -0.05) is 19.4 Å². The van der Waals surface area contributed by atoms with Gasteiger partial charge in [-0.25, -0.2) is 4.39 Å². The molecule has 1 aliphatic rings. The Morgan fingerprint density at radius 1 is 1.40 bits per heavy atom. The molecule has 0 aliphatic heterocycles. The van der Waals surface area contributed by atoms with Crippen LogP contribution in [0, 0.1) is 11.7 Å². The normalized spacial score (nSPS) is 25.5. The van der Waals surface area contributed by atoms with E-state index in [1.165, 1.54) is 18.9 Å². The van der Waals surface area contributed by atoms with Gasteiger partial charge in [0, 0.05) is 10.5 Å². The lowest BCUT2D eigenvalue weighted by Crippen LogP contribution is -2.22. The average molecular weight is 272 g/mol. The van der Waals surface area contributed by atoms with Crippen LogP contribution in [0.5, 0.6) is 0 Å². The molecule has 0 amide bonds. The van der Waals surface area contributed by atoms with Crippen molar-refractivity contribution >= 4 is 21.6 Å². The van der Waals surface area contributed by atoms with Gasteiger partial charge in [-0.15, -0.1) is 0 Å². The molecule has 3 heteroatoms. The van der Waals surface area contributed by atoms with Crippen LogP contribution in [-0.2, 0) is 0 Å². The molecule has 0 aromatic heterocycles. The second-order valence-electron chi connectivity index (χ2n) is 4.26. The smallest absolute Gasteiger partial charge is 0.147 e. The number of rotatable bonds is 2. The highest BCUT2D eigenvalue weighted by molar-refractivity contribution is 9.10. The number of anilines is 1. The van der Waals surface area contributed by atoms with Crippen molar-refractivity contribution < 1.29 is 4.39 Å². The Kier molecular flexibility index (Phi) is 3.29. The molecule has 1 aromatic rings. The molecule has 1 aromatic carbocycles. The molecule has 0 bridgehead atoms. The second kappa shape index (κ2) is 4.52. The minimum Gasteiger partial charge on any atom is -0.379 e. The van der Waals surface area contributed by atoms with Gasteiger partial charge in [-0.2, -0.15) is 0 Å². The van der Waals surface area contributed by atoms with Gasteiger partial charge in [0.15, 0.2) is 0 Å². The molecule has 1 fully saturated rings. The molecule has 82 valence electrons. The summed E-state index contributed by atoms with van der Waals surface area (Å²) in [5.41, 5.74) is 0.608. The Bertz CT molecular complexity index is 333. The van der Waals surface area contributed by atoms with Crippen LogP contribution in [0.25, 0.3) is 0 Å². The molecule has 2 atom stereocenters. The van der Waals surface area contributed by atoms with Crippen LogP contribution in [0.15, 0.2) is 22.7 Å². The topological polar surface area (TPSA) is 12.0 Å². The van der Waals surface area contributed by atoms with Gasteiger partial charge in [0.05, 0.1) is 5.69 Å². The third-order valence-electron chi connectivity index (χ3n) is 3.15. The molecule has 0 spiro atoms. The summed E-state index contributed by atoms with van der Waals surface area (Å²) in [4.78, 5) is 0. The third-order valence-corrected chi connectivity index (χ3v) is 3.81. The summed E-state index contributed by atoms with van der Waals surface area (Å²) in [7, 11) is 0. The van der Waals surface area contributed by atoms with Gasteiger partial charge in [0.2, 0.25) is 0 Å². The van der Waals surface area contributed by atoms with Crippen molar-refractivity contribution in [1.82, 2.24) is 0 Å². The van der Waals surface area contributed by atoms with Crippen molar-refractivity contribution in [3.63, 3.8) is 0 Å². The molecular formula is C12H15BrFN. The highest BCUT2D eigenvalue weighted by Crippen LogP contribution is 2.32. The Morgan fingerprint density at radius 3 is 2.80 bits per heavy atom. The molecular weight excluding hydrogens is 257 g/mol. The lowest BCUT2D eigenvalue weighted by Gasteiger charge is -2.20. The lowest BCUT2D eigenvalue weighted by atomic mass is 10.1. The molecule has 1 saturated carbocycles. The van der Waals surface area contributed by atoms with E-state index in [0.717, 1.165) is 10.9 Å². The Hall–Kier alpha value is -0.570. The molecule has 2 rings (SSSR count). The molecule has 1 aliphatic carbocycles. The quantitative estimate of drug-likeness (QED) is 0.851. The predicted octanol–water partition coefficient (Wildman–Crippen LogP) is 4.19. The van der Waals surface area contributed by atoms with Crippen molar-refractivity contribution in [2.24, 2.45) is 5.92 Å². The van der Waals surface area contributed by atoms with Crippen LogP contribution in [0.1, 0.15) is 26.2 Å². The largest absolute Gasteiger partial charge is 0.379 e. The van der Waals surface area contributed by atoms with Crippen molar-refractivity contribution in [3.05, 3.63) is 28.5 Å². The van der Waals surface area contributed by atoms with Crippen LogP contribution in [-0.4, -0.2) is 6.04 Å². The average Bonchev–Trinajstić information content (AvgIpc) is 2.58. The maximum atomic E-state index is 13.5. The second-order valence-corrected chi connectivity index (χ2v) is 5.11. The predicted molar refractivity (Wildman–Crippen MR) is 64.5 cm³/mol. The molecule has 2 unspecified atom stereocenters. The minimum atomic E-state index is -0.177. The van der Waals surface area contributed by atoms with Crippen LogP contribution in [0.3, 0.4) is 0 Å². The number of hydrogen-bond acceptors (Lipinski definition) is 1. The molecule has 15 heavy (non-hydrogen) atoms. The summed E-state index contributed by atoms with van der Waals surface area (Å²) < 4.78 is 14.3. The summed E-state index contributed by atoms with van der Waals surface area (Å²) in [5, 5.41) is 3.31. The van der Waals surface area contributed by atoms with E-state index in [4.69, 9.17) is 0 Å². The molecule has 0 heterocycles. The minimum absolute atomic E-state index is 0.177. The first-order valence-electron chi connectivity index (χ1n) is 5.39. The lowest BCUT2D eigenvalue weighted by molar-refractivity contribution is 0.549. The van der Waals surface area contributed by atoms with Gasteiger partial charge >= 0.3 is 0 Å². The van der Waals surface area contributed by atoms with E-state index < -0.39 is 0 Å². The SMILES string of the molecule is CC1CCCC1Nc1c(F)cccc1Br. The number of hydrogen-bond donors (Lipinski definition) is 1. The van der Waals surface area contributed by atoms with E-state index in [2.05, 4.69) is 28.2 Å². The Balaban J connectivity index is 2.16. The van der Waals surface area contributed by atoms with E-state index >= 15 is 0 Å². The van der Waals surface area contributed by atoms with Gasteiger partial charge < -0.3 is 5.32 Å². The van der Waals surface area contributed by atoms with Crippen molar-refractivity contribution in [3.8, 4) is 0 Å². The van der Waals surface area contributed by atoms with Crippen molar-refractivity contribution in [2.45, 2.75) is 32.2 Å². The van der Waals surface area contributed by atoms with Crippen LogP contribution >= 0.6 is 15.9 Å². The van der Waals surface area contributed by atoms with E-state index in [0.29, 0.717) is 17.6 Å². The number of benzene rings is 1. The number of nitrogens with one attached hydrogen (secondary N) is 1. The van der Waals surface area contributed by atoms with E-state index in [1.54, 1.807) is 6.07 Å². The standard InChI is InChI=1S/C12H15BrFN/c1-8-4-2-7-11(8)15-12-9(13)5-3-6-10(12)14/h3,5-6,8,11,15H,2,4,7H2,1H3. The van der Waals surface area contributed by atoms with Crippen LogP contribution in [0.4, 0.5) is 10.1 Å². The van der Waals surface area contributed by atoms with E-state index in [9.17, 15) is 4.39 Å². The third kappa shape index (κ3) is 2.33. The molecule has 0 saturated heterocycles. The molecule has 1 N–H and O–H groups in total. The first-order valence-corrected chi connectivity index (χ1v) is 6.18. The summed E-state index contributed by atoms with van der Waals surface area (Å²) >= 11 is 3.37. The summed E-state index contributed by atoms with van der Waals surface area (Å²) in [5.74, 6) is 0.458. The van der Waals surface area contributed by atoms with Gasteiger partial charge in [0.1, 0.15) is 5.82 Å². The fourth-order valence-electron chi connectivity index (χ4n) is 2.18. The first kappa shape index (κ1) is 10.9. The van der Waals surface area contributed by atoms with Crippen molar-refractivity contribution in [2.75, 3.05) is 5.32 Å². The number of para-hydroxylation sites is 1. The molecule has 1 nitrogen and oxygen atoms in total. The number of halogens is 2. The van der Waals surface area contributed by atoms with Gasteiger partial charge in [-0.3, -0.25) is 0 Å². The maximum Gasteiger partial charge on any atom is 0.147 e. The zero-order valence-corrected chi connectivity index (χ0v) is 10.3.